The molecule has 22 heavy (non-hydrogen) atoms. The second kappa shape index (κ2) is 12.7. The van der Waals surface area contributed by atoms with Crippen LogP contribution in [0.5, 0.6) is 0 Å². The first-order chi connectivity index (χ1) is 10.2. The lowest BCUT2D eigenvalue weighted by molar-refractivity contribution is 0.0954. The van der Waals surface area contributed by atoms with E-state index in [1.54, 1.807) is 12.1 Å². The predicted octanol–water partition coefficient (Wildman–Crippen LogP) is 2.76. The number of halogens is 2. The number of rotatable bonds is 7. The van der Waals surface area contributed by atoms with Crippen LogP contribution in [0.2, 0.25) is 0 Å². The molecule has 0 aromatic heterocycles. The lowest BCUT2D eigenvalue weighted by Gasteiger charge is -2.11. The highest BCUT2D eigenvalue weighted by atomic mass is 127. The van der Waals surface area contributed by atoms with E-state index in [0.717, 1.165) is 29.9 Å². The lowest BCUT2D eigenvalue weighted by Crippen LogP contribution is -2.41. The molecular formula is C15H24BrIN4O. The first-order valence-corrected chi connectivity index (χ1v) is 8.02. The molecule has 1 aromatic carbocycles. The summed E-state index contributed by atoms with van der Waals surface area (Å²) in [6.45, 7) is 6.91. The van der Waals surface area contributed by atoms with Crippen molar-refractivity contribution in [2.45, 2.75) is 20.3 Å². The number of nitrogens with one attached hydrogen (secondary N) is 3. The first kappa shape index (κ1) is 21.2. The topological polar surface area (TPSA) is 65.5 Å². The van der Waals surface area contributed by atoms with Gasteiger partial charge in [-0.15, -0.1) is 24.0 Å². The predicted molar refractivity (Wildman–Crippen MR) is 106 cm³/mol. The van der Waals surface area contributed by atoms with Gasteiger partial charge in [0.05, 0.1) is 0 Å². The molecule has 1 aromatic rings. The van der Waals surface area contributed by atoms with Gasteiger partial charge in [-0.25, -0.2) is 0 Å². The zero-order valence-corrected chi connectivity index (χ0v) is 16.9. The summed E-state index contributed by atoms with van der Waals surface area (Å²) in [6, 6.07) is 7.29. The van der Waals surface area contributed by atoms with Gasteiger partial charge in [0.25, 0.3) is 5.91 Å². The van der Waals surface area contributed by atoms with Crippen molar-refractivity contribution in [1.82, 2.24) is 16.0 Å². The number of benzene rings is 1. The molecule has 0 heterocycles. The molecule has 0 bridgehead atoms. The Morgan fingerprint density at radius 2 is 1.73 bits per heavy atom. The minimum absolute atomic E-state index is 0. The number of hydrogen-bond acceptors (Lipinski definition) is 2. The molecule has 1 rings (SSSR count). The van der Waals surface area contributed by atoms with Crippen LogP contribution in [0.25, 0.3) is 0 Å². The van der Waals surface area contributed by atoms with Crippen molar-refractivity contribution in [1.29, 1.82) is 0 Å². The second-order valence-electron chi connectivity index (χ2n) is 4.45. The number of carbonyl (C=O) groups excluding carboxylic acids is 1. The molecule has 124 valence electrons. The number of nitrogens with zero attached hydrogens (tertiary/aromatic N) is 1. The standard InChI is InChI=1S/C15H23BrN4O.HI/c1-3-9-19-15(17-4-2)20-11-10-18-14(21)12-5-7-13(16)8-6-12;/h5-8H,3-4,9-11H2,1-2H3,(H,18,21)(H2,17,19,20);1H. The summed E-state index contributed by atoms with van der Waals surface area (Å²) < 4.78 is 0.961. The van der Waals surface area contributed by atoms with Crippen LogP contribution in [-0.4, -0.2) is 38.0 Å². The van der Waals surface area contributed by atoms with Crippen LogP contribution in [-0.2, 0) is 0 Å². The van der Waals surface area contributed by atoms with Crippen molar-refractivity contribution >= 4 is 51.8 Å². The average molecular weight is 483 g/mol. The van der Waals surface area contributed by atoms with Crippen LogP contribution in [0.4, 0.5) is 0 Å². The summed E-state index contributed by atoms with van der Waals surface area (Å²) in [6.07, 6.45) is 1.01. The normalized spacial score (nSPS) is 10.6. The number of guanidine groups is 1. The number of carbonyl (C=O) groups is 1. The van der Waals surface area contributed by atoms with Gasteiger partial charge in [-0.05, 0) is 37.6 Å². The zero-order chi connectivity index (χ0) is 15.5. The minimum atomic E-state index is -0.0696. The van der Waals surface area contributed by atoms with Gasteiger partial charge in [-0.3, -0.25) is 9.79 Å². The third kappa shape index (κ3) is 8.57. The van der Waals surface area contributed by atoms with Crippen molar-refractivity contribution in [2.75, 3.05) is 26.2 Å². The van der Waals surface area contributed by atoms with Crippen molar-refractivity contribution < 1.29 is 4.79 Å². The Bertz CT molecular complexity index is 465. The van der Waals surface area contributed by atoms with Crippen molar-refractivity contribution in [3.05, 3.63) is 34.3 Å². The number of hydrogen-bond donors (Lipinski definition) is 3. The molecule has 0 unspecified atom stereocenters. The van der Waals surface area contributed by atoms with Crippen LogP contribution >= 0.6 is 39.9 Å². The molecule has 0 fully saturated rings. The van der Waals surface area contributed by atoms with Gasteiger partial charge >= 0.3 is 0 Å². The van der Waals surface area contributed by atoms with Crippen LogP contribution in [0.1, 0.15) is 30.6 Å². The van der Waals surface area contributed by atoms with E-state index in [2.05, 4.69) is 43.8 Å². The van der Waals surface area contributed by atoms with Crippen LogP contribution in [0.15, 0.2) is 33.7 Å². The fourth-order valence-corrected chi connectivity index (χ4v) is 1.89. The van der Waals surface area contributed by atoms with E-state index in [4.69, 9.17) is 0 Å². The molecule has 0 saturated heterocycles. The largest absolute Gasteiger partial charge is 0.357 e. The van der Waals surface area contributed by atoms with E-state index >= 15 is 0 Å². The Balaban J connectivity index is 0.00000441. The SMILES string of the molecule is CCCN=C(NCC)NCCNC(=O)c1ccc(Br)cc1.I. The highest BCUT2D eigenvalue weighted by molar-refractivity contribution is 14.0. The molecule has 0 spiro atoms. The molecule has 0 aliphatic heterocycles. The van der Waals surface area contributed by atoms with Gasteiger partial charge in [0, 0.05) is 36.2 Å². The molecule has 0 radical (unpaired) electrons. The summed E-state index contributed by atoms with van der Waals surface area (Å²) in [7, 11) is 0. The minimum Gasteiger partial charge on any atom is -0.357 e. The smallest absolute Gasteiger partial charge is 0.251 e. The Morgan fingerprint density at radius 3 is 2.32 bits per heavy atom. The quantitative estimate of drug-likeness (QED) is 0.242. The highest BCUT2D eigenvalue weighted by Crippen LogP contribution is 2.10. The molecule has 5 nitrogen and oxygen atoms in total. The first-order valence-electron chi connectivity index (χ1n) is 7.23. The Kier molecular flexibility index (Phi) is 12.2. The van der Waals surface area contributed by atoms with E-state index in [-0.39, 0.29) is 29.9 Å². The molecule has 0 saturated carbocycles. The average Bonchev–Trinajstić information content (AvgIpc) is 2.49. The maximum atomic E-state index is 11.9. The molecule has 0 aliphatic rings. The summed E-state index contributed by atoms with van der Waals surface area (Å²) >= 11 is 3.35. The second-order valence-corrected chi connectivity index (χ2v) is 5.37. The third-order valence-corrected chi connectivity index (χ3v) is 3.18. The molecule has 7 heteroatoms. The van der Waals surface area contributed by atoms with Gasteiger partial charge in [0.2, 0.25) is 0 Å². The maximum Gasteiger partial charge on any atom is 0.251 e. The van der Waals surface area contributed by atoms with Crippen LogP contribution in [0, 0.1) is 0 Å². The van der Waals surface area contributed by atoms with Gasteiger partial charge in [-0.2, -0.15) is 0 Å². The summed E-state index contributed by atoms with van der Waals surface area (Å²) in [5.41, 5.74) is 0.657. The van der Waals surface area contributed by atoms with E-state index < -0.39 is 0 Å². The van der Waals surface area contributed by atoms with Gasteiger partial charge < -0.3 is 16.0 Å². The van der Waals surface area contributed by atoms with Crippen molar-refractivity contribution in [3.63, 3.8) is 0 Å². The van der Waals surface area contributed by atoms with Gasteiger partial charge in [-0.1, -0.05) is 22.9 Å². The number of amides is 1. The fourth-order valence-electron chi connectivity index (χ4n) is 1.63. The van der Waals surface area contributed by atoms with Gasteiger partial charge in [0.15, 0.2) is 5.96 Å². The van der Waals surface area contributed by atoms with E-state index in [1.165, 1.54) is 0 Å². The Hall–Kier alpha value is -0.830. The Labute approximate surface area is 157 Å². The zero-order valence-electron chi connectivity index (χ0n) is 13.0. The summed E-state index contributed by atoms with van der Waals surface area (Å²) in [5, 5.41) is 9.22. The molecule has 1 amide bonds. The third-order valence-electron chi connectivity index (χ3n) is 2.65. The molecule has 0 aliphatic carbocycles. The van der Waals surface area contributed by atoms with E-state index in [1.807, 2.05) is 19.1 Å². The lowest BCUT2D eigenvalue weighted by atomic mass is 10.2. The van der Waals surface area contributed by atoms with E-state index in [9.17, 15) is 4.79 Å². The molecule has 0 atom stereocenters. The molecule has 3 N–H and O–H groups in total. The summed E-state index contributed by atoms with van der Waals surface area (Å²) in [4.78, 5) is 16.3. The van der Waals surface area contributed by atoms with Gasteiger partial charge in [0.1, 0.15) is 0 Å². The maximum absolute atomic E-state index is 11.9. The van der Waals surface area contributed by atoms with Crippen molar-refractivity contribution in [3.8, 4) is 0 Å². The van der Waals surface area contributed by atoms with Crippen molar-refractivity contribution in [2.24, 2.45) is 4.99 Å². The fraction of sp³-hybridized carbons (Fsp3) is 0.467. The molecular weight excluding hydrogens is 459 g/mol. The highest BCUT2D eigenvalue weighted by Gasteiger charge is 2.04. The number of aliphatic imine (C=N–C) groups is 1. The summed E-state index contributed by atoms with van der Waals surface area (Å²) in [5.74, 6) is 0.719. The van der Waals surface area contributed by atoms with E-state index in [0.29, 0.717) is 18.7 Å². The van der Waals surface area contributed by atoms with Crippen LogP contribution in [0.3, 0.4) is 0 Å². The Morgan fingerprint density at radius 1 is 1.09 bits per heavy atom. The monoisotopic (exact) mass is 482 g/mol. The van der Waals surface area contributed by atoms with Crippen LogP contribution < -0.4 is 16.0 Å².